The number of hydrogen-bond donors (Lipinski definition) is 2. The van der Waals surface area contributed by atoms with E-state index in [1.54, 1.807) is 0 Å². The van der Waals surface area contributed by atoms with E-state index in [2.05, 4.69) is 31.0 Å². The van der Waals surface area contributed by atoms with E-state index in [1.807, 2.05) is 0 Å². The number of nitrogens with two attached hydrogens (primary N) is 1. The summed E-state index contributed by atoms with van der Waals surface area (Å²) in [6.45, 7) is 4.83. The minimum absolute atomic E-state index is 0.563. The Labute approximate surface area is 117 Å². The zero-order valence-corrected chi connectivity index (χ0v) is 12.8. The van der Waals surface area contributed by atoms with Crippen LogP contribution in [0.2, 0.25) is 0 Å². The van der Waals surface area contributed by atoms with Gasteiger partial charge in [0.25, 0.3) is 0 Å². The van der Waals surface area contributed by atoms with Crippen molar-refractivity contribution in [1.29, 1.82) is 0 Å². The number of thioether (sulfide) groups is 1. The summed E-state index contributed by atoms with van der Waals surface area (Å²) in [5.41, 5.74) is 3.15. The van der Waals surface area contributed by atoms with Gasteiger partial charge in [-0.1, -0.05) is 20.3 Å². The summed E-state index contributed by atoms with van der Waals surface area (Å²) < 4.78 is 0. The predicted octanol–water partition coefficient (Wildman–Crippen LogP) is 3.42. The van der Waals surface area contributed by atoms with Gasteiger partial charge in [0.1, 0.15) is 0 Å². The van der Waals surface area contributed by atoms with Crippen molar-refractivity contribution < 1.29 is 0 Å². The molecular formula is C15H30N2S. The molecule has 0 aromatic heterocycles. The Morgan fingerprint density at radius 2 is 1.83 bits per heavy atom. The molecule has 4 atom stereocenters. The van der Waals surface area contributed by atoms with Gasteiger partial charge >= 0.3 is 0 Å². The number of hydrazine groups is 1. The molecule has 1 aliphatic heterocycles. The molecule has 2 rings (SSSR count). The van der Waals surface area contributed by atoms with Crippen molar-refractivity contribution in [3.8, 4) is 0 Å². The summed E-state index contributed by atoms with van der Waals surface area (Å²) in [5, 5.41) is 0. The molecule has 0 radical (unpaired) electrons. The molecule has 106 valence electrons. The third-order valence-corrected chi connectivity index (χ3v) is 6.40. The van der Waals surface area contributed by atoms with Crippen LogP contribution in [0.4, 0.5) is 0 Å². The molecule has 1 aliphatic carbocycles. The first-order chi connectivity index (χ1) is 8.70. The van der Waals surface area contributed by atoms with Gasteiger partial charge in [0, 0.05) is 6.04 Å². The van der Waals surface area contributed by atoms with E-state index in [-0.39, 0.29) is 0 Å². The van der Waals surface area contributed by atoms with Crippen molar-refractivity contribution >= 4 is 11.8 Å². The molecule has 0 bridgehead atoms. The van der Waals surface area contributed by atoms with Gasteiger partial charge in [-0.15, -0.1) is 0 Å². The van der Waals surface area contributed by atoms with Crippen molar-refractivity contribution in [3.05, 3.63) is 0 Å². The van der Waals surface area contributed by atoms with Crippen LogP contribution >= 0.6 is 11.8 Å². The molecule has 2 fully saturated rings. The van der Waals surface area contributed by atoms with Gasteiger partial charge in [-0.05, 0) is 67.3 Å². The summed E-state index contributed by atoms with van der Waals surface area (Å²) in [7, 11) is 0. The number of rotatable bonds is 4. The Hall–Kier alpha value is 0.270. The fraction of sp³-hybridized carbons (Fsp3) is 1.00. The quantitative estimate of drug-likeness (QED) is 0.607. The van der Waals surface area contributed by atoms with Crippen molar-refractivity contribution in [3.63, 3.8) is 0 Å². The van der Waals surface area contributed by atoms with Crippen molar-refractivity contribution in [2.24, 2.45) is 29.5 Å². The molecule has 0 aromatic rings. The fourth-order valence-corrected chi connectivity index (χ4v) is 4.90. The number of nitrogens with one attached hydrogen (secondary N) is 1. The Morgan fingerprint density at radius 1 is 1.11 bits per heavy atom. The molecular weight excluding hydrogens is 240 g/mol. The lowest BCUT2D eigenvalue weighted by Gasteiger charge is -2.38. The minimum atomic E-state index is 0.563. The maximum absolute atomic E-state index is 5.85. The zero-order chi connectivity index (χ0) is 13.0. The lowest BCUT2D eigenvalue weighted by Crippen LogP contribution is -2.44. The highest BCUT2D eigenvalue weighted by Crippen LogP contribution is 2.37. The standard InChI is InChI=1S/C15H30N2S/c1-11-3-4-14(9-12(11)2)15(17-16)10-13-5-7-18-8-6-13/h11-15,17H,3-10,16H2,1-2H3. The highest BCUT2D eigenvalue weighted by molar-refractivity contribution is 7.99. The van der Waals surface area contributed by atoms with Crippen LogP contribution in [-0.2, 0) is 0 Å². The van der Waals surface area contributed by atoms with Gasteiger partial charge in [-0.2, -0.15) is 11.8 Å². The van der Waals surface area contributed by atoms with Crippen LogP contribution in [0.25, 0.3) is 0 Å². The normalized spacial score (nSPS) is 36.5. The van der Waals surface area contributed by atoms with Gasteiger partial charge in [-0.25, -0.2) is 0 Å². The highest BCUT2D eigenvalue weighted by atomic mass is 32.2. The monoisotopic (exact) mass is 270 g/mol. The zero-order valence-electron chi connectivity index (χ0n) is 12.0. The first kappa shape index (κ1) is 14.7. The Kier molecular flexibility index (Phi) is 5.84. The summed E-state index contributed by atoms with van der Waals surface area (Å²) in [6, 6.07) is 0.563. The maximum Gasteiger partial charge on any atom is 0.0241 e. The summed E-state index contributed by atoms with van der Waals surface area (Å²) in [4.78, 5) is 0. The lowest BCUT2D eigenvalue weighted by molar-refractivity contribution is 0.155. The molecule has 0 amide bonds. The maximum atomic E-state index is 5.85. The predicted molar refractivity (Wildman–Crippen MR) is 81.4 cm³/mol. The molecule has 1 saturated carbocycles. The molecule has 1 heterocycles. The minimum Gasteiger partial charge on any atom is -0.271 e. The van der Waals surface area contributed by atoms with E-state index in [0.717, 1.165) is 23.7 Å². The topological polar surface area (TPSA) is 38.0 Å². The average molecular weight is 270 g/mol. The van der Waals surface area contributed by atoms with Crippen LogP contribution in [0, 0.1) is 23.7 Å². The van der Waals surface area contributed by atoms with Crippen molar-refractivity contribution in [2.45, 2.75) is 58.4 Å². The second-order valence-electron chi connectivity index (χ2n) is 6.59. The van der Waals surface area contributed by atoms with E-state index in [1.165, 1.54) is 50.0 Å². The van der Waals surface area contributed by atoms with Crippen LogP contribution in [0.15, 0.2) is 0 Å². The summed E-state index contributed by atoms with van der Waals surface area (Å²) in [6.07, 6.45) is 8.26. The largest absolute Gasteiger partial charge is 0.271 e. The summed E-state index contributed by atoms with van der Waals surface area (Å²) in [5.74, 6) is 12.1. The third-order valence-electron chi connectivity index (χ3n) is 5.35. The van der Waals surface area contributed by atoms with E-state index in [0.29, 0.717) is 6.04 Å². The molecule has 18 heavy (non-hydrogen) atoms. The van der Waals surface area contributed by atoms with Gasteiger partial charge in [0.2, 0.25) is 0 Å². The second kappa shape index (κ2) is 7.16. The van der Waals surface area contributed by atoms with Crippen LogP contribution in [0.1, 0.15) is 52.4 Å². The Morgan fingerprint density at radius 3 is 2.44 bits per heavy atom. The Balaban J connectivity index is 1.83. The molecule has 2 aliphatic rings. The van der Waals surface area contributed by atoms with Gasteiger partial charge < -0.3 is 0 Å². The molecule has 1 saturated heterocycles. The highest BCUT2D eigenvalue weighted by Gasteiger charge is 2.31. The molecule has 0 spiro atoms. The van der Waals surface area contributed by atoms with E-state index >= 15 is 0 Å². The smallest absolute Gasteiger partial charge is 0.0241 e. The summed E-state index contributed by atoms with van der Waals surface area (Å²) >= 11 is 2.12. The van der Waals surface area contributed by atoms with Crippen LogP contribution in [0.3, 0.4) is 0 Å². The van der Waals surface area contributed by atoms with Crippen LogP contribution in [0.5, 0.6) is 0 Å². The number of hydrogen-bond acceptors (Lipinski definition) is 3. The molecule has 4 unspecified atom stereocenters. The van der Waals surface area contributed by atoms with Crippen molar-refractivity contribution in [2.75, 3.05) is 11.5 Å². The lowest BCUT2D eigenvalue weighted by atomic mass is 9.71. The molecule has 0 aromatic carbocycles. The van der Waals surface area contributed by atoms with Crippen LogP contribution < -0.4 is 11.3 Å². The first-order valence-corrected chi connectivity index (χ1v) is 8.90. The van der Waals surface area contributed by atoms with Crippen LogP contribution in [-0.4, -0.2) is 17.5 Å². The van der Waals surface area contributed by atoms with E-state index < -0.39 is 0 Å². The molecule has 3 N–H and O–H groups in total. The Bertz CT molecular complexity index is 241. The SMILES string of the molecule is CC1CCC(C(CC2CCSCC2)NN)CC1C. The second-order valence-corrected chi connectivity index (χ2v) is 7.82. The van der Waals surface area contributed by atoms with Gasteiger partial charge in [0.05, 0.1) is 0 Å². The first-order valence-electron chi connectivity index (χ1n) is 7.74. The third kappa shape index (κ3) is 3.88. The van der Waals surface area contributed by atoms with Crippen molar-refractivity contribution in [1.82, 2.24) is 5.43 Å². The van der Waals surface area contributed by atoms with Gasteiger partial charge in [0.15, 0.2) is 0 Å². The van der Waals surface area contributed by atoms with E-state index in [4.69, 9.17) is 5.84 Å². The van der Waals surface area contributed by atoms with Gasteiger partial charge in [-0.3, -0.25) is 11.3 Å². The molecule has 2 nitrogen and oxygen atoms in total. The van der Waals surface area contributed by atoms with E-state index in [9.17, 15) is 0 Å². The average Bonchev–Trinajstić information content (AvgIpc) is 2.40. The fourth-order valence-electron chi connectivity index (χ4n) is 3.69. The molecule has 3 heteroatoms.